The monoisotopic (exact) mass is 276 g/mol. The van der Waals surface area contributed by atoms with Crippen molar-refractivity contribution in [3.63, 3.8) is 0 Å². The first kappa shape index (κ1) is 12.2. The molecule has 1 aliphatic heterocycles. The third-order valence-corrected chi connectivity index (χ3v) is 3.50. The number of esters is 1. The van der Waals surface area contributed by atoms with E-state index in [1.165, 1.54) is 0 Å². The average Bonchev–Trinajstić information content (AvgIpc) is 2.10. The van der Waals surface area contributed by atoms with E-state index in [0.29, 0.717) is 0 Å². The first-order valence-electron chi connectivity index (χ1n) is 4.48. The summed E-state index contributed by atoms with van der Waals surface area (Å²) in [5, 5.41) is 9.25. The molecule has 1 atom stereocenters. The highest BCUT2D eigenvalue weighted by atomic mass is 79.9. The molecule has 0 radical (unpaired) electrons. The SMILES string of the molecule is CC(C)(C)C1(C)OC(=O)C(O)=C(Br)C1=O. The molecule has 1 rings (SSSR count). The van der Waals surface area contributed by atoms with E-state index in [9.17, 15) is 14.7 Å². The van der Waals surface area contributed by atoms with Gasteiger partial charge < -0.3 is 9.84 Å². The molecule has 84 valence electrons. The van der Waals surface area contributed by atoms with Crippen molar-refractivity contribution in [3.8, 4) is 0 Å². The Hall–Kier alpha value is -0.840. The molecule has 0 aliphatic carbocycles. The van der Waals surface area contributed by atoms with E-state index in [2.05, 4.69) is 15.9 Å². The summed E-state index contributed by atoms with van der Waals surface area (Å²) in [4.78, 5) is 23.2. The number of Topliss-reactive ketones (excluding diaryl/α,β-unsaturated/α-hetero) is 1. The Kier molecular flexibility index (Phi) is 2.72. The topological polar surface area (TPSA) is 63.6 Å². The molecule has 1 unspecified atom stereocenters. The van der Waals surface area contributed by atoms with E-state index in [1.54, 1.807) is 27.7 Å². The van der Waals surface area contributed by atoms with Crippen molar-refractivity contribution in [2.24, 2.45) is 5.41 Å². The van der Waals surface area contributed by atoms with Crippen LogP contribution in [-0.2, 0) is 14.3 Å². The van der Waals surface area contributed by atoms with Crippen molar-refractivity contribution < 1.29 is 19.4 Å². The van der Waals surface area contributed by atoms with Gasteiger partial charge in [-0.2, -0.15) is 0 Å². The average molecular weight is 277 g/mol. The maximum Gasteiger partial charge on any atom is 0.375 e. The molecule has 0 saturated carbocycles. The third kappa shape index (κ3) is 1.69. The van der Waals surface area contributed by atoms with E-state index in [1.807, 2.05) is 0 Å². The molecule has 1 aliphatic rings. The number of ether oxygens (including phenoxy) is 1. The number of aliphatic hydroxyl groups excluding tert-OH is 1. The van der Waals surface area contributed by atoms with E-state index < -0.39 is 28.5 Å². The molecule has 0 aromatic carbocycles. The summed E-state index contributed by atoms with van der Waals surface area (Å²) in [5.41, 5.74) is -1.80. The Balaban J connectivity index is 3.31. The third-order valence-electron chi connectivity index (χ3n) is 2.76. The van der Waals surface area contributed by atoms with Crippen LogP contribution in [0.15, 0.2) is 10.2 Å². The highest BCUT2D eigenvalue weighted by molar-refractivity contribution is 9.12. The Morgan fingerprint density at radius 2 is 1.80 bits per heavy atom. The van der Waals surface area contributed by atoms with Crippen LogP contribution >= 0.6 is 15.9 Å². The summed E-state index contributed by atoms with van der Waals surface area (Å²) in [6.07, 6.45) is 0. The highest BCUT2D eigenvalue weighted by Gasteiger charge is 2.52. The van der Waals surface area contributed by atoms with Gasteiger partial charge in [-0.3, -0.25) is 4.79 Å². The summed E-state index contributed by atoms with van der Waals surface area (Å²) in [5.74, 6) is -1.97. The lowest BCUT2D eigenvalue weighted by atomic mass is 9.74. The number of rotatable bonds is 0. The van der Waals surface area contributed by atoms with Crippen molar-refractivity contribution in [2.45, 2.75) is 33.3 Å². The Morgan fingerprint density at radius 3 is 2.20 bits per heavy atom. The smallest absolute Gasteiger partial charge is 0.375 e. The molecule has 0 bridgehead atoms. The van der Waals surface area contributed by atoms with E-state index in [4.69, 9.17) is 4.74 Å². The minimum Gasteiger partial charge on any atom is -0.501 e. The molecule has 0 spiro atoms. The number of hydrogen-bond acceptors (Lipinski definition) is 4. The maximum absolute atomic E-state index is 11.9. The lowest BCUT2D eigenvalue weighted by molar-refractivity contribution is -0.177. The molecular weight excluding hydrogens is 264 g/mol. The minimum absolute atomic E-state index is 0.115. The van der Waals surface area contributed by atoms with Gasteiger partial charge in [0, 0.05) is 5.41 Å². The maximum atomic E-state index is 11.9. The fourth-order valence-electron chi connectivity index (χ4n) is 1.18. The summed E-state index contributed by atoms with van der Waals surface area (Å²) >= 11 is 2.91. The van der Waals surface area contributed by atoms with Gasteiger partial charge in [0.15, 0.2) is 5.60 Å². The van der Waals surface area contributed by atoms with Crippen LogP contribution in [0.4, 0.5) is 0 Å². The first-order chi connectivity index (χ1) is 6.61. The van der Waals surface area contributed by atoms with Gasteiger partial charge in [-0.15, -0.1) is 0 Å². The number of cyclic esters (lactones) is 1. The van der Waals surface area contributed by atoms with Gasteiger partial charge in [0.2, 0.25) is 11.5 Å². The summed E-state index contributed by atoms with van der Waals surface area (Å²) in [6.45, 7) is 6.92. The van der Waals surface area contributed by atoms with Crippen LogP contribution in [-0.4, -0.2) is 22.5 Å². The molecule has 5 heteroatoms. The zero-order valence-electron chi connectivity index (χ0n) is 9.05. The molecule has 0 amide bonds. The van der Waals surface area contributed by atoms with Crippen molar-refractivity contribution in [1.29, 1.82) is 0 Å². The van der Waals surface area contributed by atoms with Crippen LogP contribution in [0.5, 0.6) is 0 Å². The second-order valence-corrected chi connectivity index (χ2v) is 5.46. The van der Waals surface area contributed by atoms with Gasteiger partial charge in [-0.05, 0) is 22.9 Å². The predicted molar refractivity (Wildman–Crippen MR) is 57.5 cm³/mol. The molecule has 4 nitrogen and oxygen atoms in total. The number of carbonyl (C=O) groups is 2. The first-order valence-corrected chi connectivity index (χ1v) is 5.27. The zero-order chi connectivity index (χ0) is 12.0. The molecule has 0 aromatic rings. The van der Waals surface area contributed by atoms with E-state index in [0.717, 1.165) is 0 Å². The Labute approximate surface area is 96.4 Å². The van der Waals surface area contributed by atoms with Crippen LogP contribution in [0, 0.1) is 5.41 Å². The van der Waals surface area contributed by atoms with E-state index in [-0.39, 0.29) is 4.48 Å². The van der Waals surface area contributed by atoms with Crippen LogP contribution in [0.3, 0.4) is 0 Å². The molecule has 0 aromatic heterocycles. The molecule has 1 N–H and O–H groups in total. The predicted octanol–water partition coefficient (Wildman–Crippen LogP) is 2.08. The van der Waals surface area contributed by atoms with Gasteiger partial charge in [0.05, 0.1) is 0 Å². The van der Waals surface area contributed by atoms with E-state index >= 15 is 0 Å². The fourth-order valence-corrected chi connectivity index (χ4v) is 1.72. The quantitative estimate of drug-likeness (QED) is 0.688. The van der Waals surface area contributed by atoms with Gasteiger partial charge in [0.1, 0.15) is 4.48 Å². The normalized spacial score (nSPS) is 28.1. The second-order valence-electron chi connectivity index (χ2n) is 4.66. The van der Waals surface area contributed by atoms with Crippen LogP contribution in [0.2, 0.25) is 0 Å². The summed E-state index contributed by atoms with van der Waals surface area (Å²) in [6, 6.07) is 0. The van der Waals surface area contributed by atoms with Gasteiger partial charge in [0.25, 0.3) is 0 Å². The van der Waals surface area contributed by atoms with Crippen molar-refractivity contribution >= 4 is 27.7 Å². The molecule has 15 heavy (non-hydrogen) atoms. The molecular formula is C10H13BrO4. The van der Waals surface area contributed by atoms with Crippen LogP contribution in [0.25, 0.3) is 0 Å². The van der Waals surface area contributed by atoms with Crippen molar-refractivity contribution in [1.82, 2.24) is 0 Å². The summed E-state index contributed by atoms with van der Waals surface area (Å²) in [7, 11) is 0. The van der Waals surface area contributed by atoms with Crippen molar-refractivity contribution in [2.75, 3.05) is 0 Å². The number of hydrogen-bond donors (Lipinski definition) is 1. The molecule has 0 saturated heterocycles. The molecule has 0 fully saturated rings. The largest absolute Gasteiger partial charge is 0.501 e. The number of aliphatic hydroxyl groups is 1. The van der Waals surface area contributed by atoms with Crippen molar-refractivity contribution in [3.05, 3.63) is 10.2 Å². The van der Waals surface area contributed by atoms with Crippen LogP contribution in [0.1, 0.15) is 27.7 Å². The number of ketones is 1. The number of carbonyl (C=O) groups excluding carboxylic acids is 2. The Bertz CT molecular complexity index is 364. The standard InChI is InChI=1S/C10H13BrO4/c1-9(2,3)10(4)7(13)5(11)6(12)8(14)15-10/h12H,1-4H3. The second kappa shape index (κ2) is 3.33. The zero-order valence-corrected chi connectivity index (χ0v) is 10.6. The lowest BCUT2D eigenvalue weighted by Gasteiger charge is -2.41. The van der Waals surface area contributed by atoms with Crippen LogP contribution < -0.4 is 0 Å². The minimum atomic E-state index is -1.25. The summed E-state index contributed by atoms with van der Waals surface area (Å²) < 4.78 is 4.89. The van der Waals surface area contributed by atoms with Gasteiger partial charge >= 0.3 is 5.97 Å². The Morgan fingerprint density at radius 1 is 1.33 bits per heavy atom. The number of halogens is 1. The lowest BCUT2D eigenvalue weighted by Crippen LogP contribution is -2.53. The van der Waals surface area contributed by atoms with Gasteiger partial charge in [-0.25, -0.2) is 4.79 Å². The fraction of sp³-hybridized carbons (Fsp3) is 0.600. The molecule has 1 heterocycles. The highest BCUT2D eigenvalue weighted by Crippen LogP contribution is 2.41. The van der Waals surface area contributed by atoms with Gasteiger partial charge in [-0.1, -0.05) is 20.8 Å².